The molecule has 0 atom stereocenters. The number of rotatable bonds is 3. The molecule has 0 radical (unpaired) electrons. The van der Waals surface area contributed by atoms with Gasteiger partial charge in [0.25, 0.3) is 3.93 Å². The molecule has 0 aromatic rings. The van der Waals surface area contributed by atoms with Crippen molar-refractivity contribution in [3.05, 3.63) is 0 Å². The Hall–Kier alpha value is 0.0600. The zero-order valence-corrected chi connectivity index (χ0v) is 7.61. The van der Waals surface area contributed by atoms with Gasteiger partial charge in [-0.05, 0) is 22.6 Å². The summed E-state index contributed by atoms with van der Waals surface area (Å²) >= 11 is 1.04. The molecule has 0 aromatic heterocycles. The summed E-state index contributed by atoms with van der Waals surface area (Å²) in [6, 6.07) is 0. The molecule has 0 spiro atoms. The normalized spacial score (nSPS) is 11.2. The van der Waals surface area contributed by atoms with Crippen LogP contribution in [0.15, 0.2) is 0 Å². The molecule has 1 N–H and O–H groups in total. The van der Waals surface area contributed by atoms with E-state index in [0.29, 0.717) is 0 Å². The summed E-state index contributed by atoms with van der Waals surface area (Å²) in [5.74, 6) is -0.277. The van der Waals surface area contributed by atoms with E-state index in [1.165, 1.54) is 6.92 Å². The Morgan fingerprint density at radius 3 is 2.50 bits per heavy atom. The molecule has 0 aromatic carbocycles. The molecule has 60 valence electrons. The van der Waals surface area contributed by atoms with Crippen LogP contribution in [0.25, 0.3) is 0 Å². The summed E-state index contributed by atoms with van der Waals surface area (Å²) in [7, 11) is 0. The minimum absolute atomic E-state index is 0.0330. The van der Waals surface area contributed by atoms with E-state index in [1.54, 1.807) is 0 Å². The van der Waals surface area contributed by atoms with Gasteiger partial charge in [0, 0.05) is 19.9 Å². The second-order valence-electron chi connectivity index (χ2n) is 1.85. The van der Waals surface area contributed by atoms with Crippen LogP contribution < -0.4 is 5.32 Å². The van der Waals surface area contributed by atoms with Crippen LogP contribution in [-0.2, 0) is 4.79 Å². The number of nitrogens with one attached hydrogen (secondary N) is 1. The third-order valence-electron chi connectivity index (χ3n) is 0.782. The molecule has 0 aliphatic carbocycles. The lowest BCUT2D eigenvalue weighted by molar-refractivity contribution is -0.119. The molecule has 0 saturated heterocycles. The van der Waals surface area contributed by atoms with Gasteiger partial charge in [0.2, 0.25) is 5.91 Å². The topological polar surface area (TPSA) is 29.1 Å². The van der Waals surface area contributed by atoms with Gasteiger partial charge >= 0.3 is 0 Å². The predicted molar refractivity (Wildman–Crippen MR) is 42.3 cm³/mol. The zero-order chi connectivity index (χ0) is 8.20. The SMILES string of the molecule is CC(=O)NCCC(F)(F)I. The number of hydrogen-bond donors (Lipinski definition) is 1. The van der Waals surface area contributed by atoms with Crippen molar-refractivity contribution in [2.45, 2.75) is 17.3 Å². The number of carbonyl (C=O) groups excluding carboxylic acids is 1. The Balaban J connectivity index is 3.29. The quantitative estimate of drug-likeness (QED) is 0.607. The number of carbonyl (C=O) groups is 1. The minimum atomic E-state index is -2.71. The lowest BCUT2D eigenvalue weighted by Gasteiger charge is -2.07. The van der Waals surface area contributed by atoms with Crippen molar-refractivity contribution in [3.8, 4) is 0 Å². The number of alkyl halides is 3. The van der Waals surface area contributed by atoms with Crippen molar-refractivity contribution >= 4 is 28.5 Å². The molecule has 0 unspecified atom stereocenters. The molecule has 0 saturated carbocycles. The van der Waals surface area contributed by atoms with Crippen molar-refractivity contribution in [2.24, 2.45) is 0 Å². The molecular formula is C5H8F2INO. The van der Waals surface area contributed by atoms with Crippen LogP contribution in [-0.4, -0.2) is 16.4 Å². The first-order valence-electron chi connectivity index (χ1n) is 2.73. The van der Waals surface area contributed by atoms with Gasteiger partial charge in [0.15, 0.2) is 0 Å². The smallest absolute Gasteiger partial charge is 0.298 e. The molecule has 0 rings (SSSR count). The van der Waals surface area contributed by atoms with Crippen LogP contribution >= 0.6 is 22.6 Å². The summed E-state index contributed by atoms with van der Waals surface area (Å²) in [5.41, 5.74) is 0. The molecular weight excluding hydrogens is 255 g/mol. The van der Waals surface area contributed by atoms with E-state index < -0.39 is 3.93 Å². The highest BCUT2D eigenvalue weighted by atomic mass is 127. The van der Waals surface area contributed by atoms with Gasteiger partial charge in [-0.3, -0.25) is 4.79 Å². The second kappa shape index (κ2) is 4.05. The Bertz CT molecular complexity index is 123. The van der Waals surface area contributed by atoms with Crippen LogP contribution in [0.5, 0.6) is 0 Å². The maximum atomic E-state index is 12.0. The lowest BCUT2D eigenvalue weighted by Crippen LogP contribution is -2.24. The fraction of sp³-hybridized carbons (Fsp3) is 0.800. The van der Waals surface area contributed by atoms with Gasteiger partial charge in [-0.25, -0.2) is 0 Å². The Morgan fingerprint density at radius 2 is 2.20 bits per heavy atom. The molecule has 0 aliphatic heterocycles. The summed E-state index contributed by atoms with van der Waals surface area (Å²) in [6.45, 7) is 1.33. The van der Waals surface area contributed by atoms with Crippen molar-refractivity contribution in [2.75, 3.05) is 6.54 Å². The average Bonchev–Trinajstić information content (AvgIpc) is 1.59. The van der Waals surface area contributed by atoms with Crippen LogP contribution in [0.3, 0.4) is 0 Å². The molecule has 5 heteroatoms. The Labute approximate surface area is 71.5 Å². The first kappa shape index (κ1) is 10.1. The van der Waals surface area contributed by atoms with E-state index in [4.69, 9.17) is 0 Å². The fourth-order valence-electron chi connectivity index (χ4n) is 0.380. The third kappa shape index (κ3) is 8.06. The molecule has 0 bridgehead atoms. The van der Waals surface area contributed by atoms with Crippen LogP contribution in [0, 0.1) is 0 Å². The van der Waals surface area contributed by atoms with Crippen molar-refractivity contribution in [3.63, 3.8) is 0 Å². The van der Waals surface area contributed by atoms with Crippen molar-refractivity contribution in [1.29, 1.82) is 0 Å². The monoisotopic (exact) mass is 263 g/mol. The van der Waals surface area contributed by atoms with E-state index in [-0.39, 0.29) is 18.9 Å². The van der Waals surface area contributed by atoms with Crippen molar-refractivity contribution < 1.29 is 13.6 Å². The Kier molecular flexibility index (Phi) is 4.07. The van der Waals surface area contributed by atoms with Gasteiger partial charge in [-0.15, -0.1) is 0 Å². The first-order valence-corrected chi connectivity index (χ1v) is 3.81. The first-order chi connectivity index (χ1) is 4.42. The van der Waals surface area contributed by atoms with Gasteiger partial charge in [0.05, 0.1) is 0 Å². The maximum Gasteiger partial charge on any atom is 0.298 e. The van der Waals surface area contributed by atoms with E-state index in [9.17, 15) is 13.6 Å². The highest BCUT2D eigenvalue weighted by Crippen LogP contribution is 2.25. The number of amides is 1. The minimum Gasteiger partial charge on any atom is -0.356 e. The highest BCUT2D eigenvalue weighted by molar-refractivity contribution is 14.1. The van der Waals surface area contributed by atoms with E-state index >= 15 is 0 Å². The van der Waals surface area contributed by atoms with E-state index in [0.717, 1.165) is 22.6 Å². The highest BCUT2D eigenvalue weighted by Gasteiger charge is 2.22. The van der Waals surface area contributed by atoms with E-state index in [2.05, 4.69) is 5.32 Å². The van der Waals surface area contributed by atoms with Crippen LogP contribution in [0.2, 0.25) is 0 Å². The molecule has 1 amide bonds. The average molecular weight is 263 g/mol. The predicted octanol–water partition coefficient (Wildman–Crippen LogP) is 1.54. The fourth-order valence-corrected chi connectivity index (χ4v) is 0.650. The summed E-state index contributed by atoms with van der Waals surface area (Å²) in [5, 5.41) is 2.28. The molecule has 10 heavy (non-hydrogen) atoms. The number of halogens is 3. The van der Waals surface area contributed by atoms with E-state index in [1.807, 2.05) is 0 Å². The third-order valence-corrected chi connectivity index (χ3v) is 1.32. The molecule has 0 heterocycles. The largest absolute Gasteiger partial charge is 0.356 e. The summed E-state index contributed by atoms with van der Waals surface area (Å²) in [4.78, 5) is 10.2. The maximum absolute atomic E-state index is 12.0. The Morgan fingerprint density at radius 1 is 1.70 bits per heavy atom. The molecule has 0 fully saturated rings. The van der Waals surface area contributed by atoms with Gasteiger partial charge in [-0.2, -0.15) is 8.78 Å². The molecule has 0 aliphatic rings. The van der Waals surface area contributed by atoms with Gasteiger partial charge in [0.1, 0.15) is 0 Å². The second-order valence-corrected chi connectivity index (χ2v) is 3.43. The standard InChI is InChI=1S/C5H8F2INO/c1-4(10)9-3-2-5(6,7)8/h2-3H2,1H3,(H,9,10). The van der Waals surface area contributed by atoms with Gasteiger partial charge in [-0.1, -0.05) is 0 Å². The zero-order valence-electron chi connectivity index (χ0n) is 5.46. The number of hydrogen-bond acceptors (Lipinski definition) is 1. The van der Waals surface area contributed by atoms with Gasteiger partial charge < -0.3 is 5.32 Å². The summed E-state index contributed by atoms with van der Waals surface area (Å²) < 4.78 is 21.3. The van der Waals surface area contributed by atoms with Crippen LogP contribution in [0.1, 0.15) is 13.3 Å². The molecule has 2 nitrogen and oxygen atoms in total. The lowest BCUT2D eigenvalue weighted by atomic mass is 10.4. The summed E-state index contributed by atoms with van der Waals surface area (Å²) in [6.07, 6.45) is -0.312. The van der Waals surface area contributed by atoms with Crippen LogP contribution in [0.4, 0.5) is 8.78 Å². The van der Waals surface area contributed by atoms with Crippen molar-refractivity contribution in [1.82, 2.24) is 5.32 Å².